The summed E-state index contributed by atoms with van der Waals surface area (Å²) in [7, 11) is 0. The van der Waals surface area contributed by atoms with E-state index in [1.54, 1.807) is 0 Å². The monoisotopic (exact) mass is 620 g/mol. The van der Waals surface area contributed by atoms with E-state index in [1.807, 2.05) is 0 Å². The molecule has 6 saturated carbocycles. The van der Waals surface area contributed by atoms with Gasteiger partial charge in [0.1, 0.15) is 5.78 Å². The molecule has 8 rings (SSSR count). The Morgan fingerprint density at radius 1 is 0.854 bits per heavy atom. The highest BCUT2D eigenvalue weighted by molar-refractivity contribution is 9.10. The van der Waals surface area contributed by atoms with E-state index in [0.29, 0.717) is 51.3 Å². The molecule has 2 bridgehead atoms. The minimum atomic E-state index is -0.246. The van der Waals surface area contributed by atoms with Crippen molar-refractivity contribution in [3.8, 4) is 0 Å². The molecule has 7 fully saturated rings. The highest BCUT2D eigenvalue weighted by atomic mass is 79.9. The molecule has 1 aromatic carbocycles. The highest BCUT2D eigenvalue weighted by Gasteiger charge is 2.77. The number of carbonyl (C=O) groups is 1. The summed E-state index contributed by atoms with van der Waals surface area (Å²) in [4.78, 5) is 14.5. The van der Waals surface area contributed by atoms with E-state index in [4.69, 9.17) is 4.74 Å². The van der Waals surface area contributed by atoms with Crippen molar-refractivity contribution in [2.45, 2.75) is 125 Å². The second-order valence-corrected chi connectivity index (χ2v) is 19.4. The molecule has 0 aromatic heterocycles. The largest absolute Gasteiger partial charge is 0.377 e. The van der Waals surface area contributed by atoms with Crippen LogP contribution in [0.15, 0.2) is 28.7 Å². The van der Waals surface area contributed by atoms with Gasteiger partial charge in [-0.15, -0.1) is 0 Å². The summed E-state index contributed by atoms with van der Waals surface area (Å²) in [6.45, 7) is 18.9. The van der Waals surface area contributed by atoms with Crippen LogP contribution in [0.5, 0.6) is 0 Å². The predicted molar refractivity (Wildman–Crippen MR) is 169 cm³/mol. The lowest BCUT2D eigenvalue weighted by Gasteiger charge is -2.73. The molecule has 1 heterocycles. The molecule has 41 heavy (non-hydrogen) atoms. The molecule has 1 aromatic rings. The third kappa shape index (κ3) is 3.23. The van der Waals surface area contributed by atoms with Crippen LogP contribution < -0.4 is 0 Å². The first-order valence-corrected chi connectivity index (χ1v) is 17.9. The Morgan fingerprint density at radius 2 is 1.61 bits per heavy atom. The van der Waals surface area contributed by atoms with Crippen molar-refractivity contribution >= 4 is 21.7 Å². The Labute approximate surface area is 257 Å². The topological polar surface area (TPSA) is 26.3 Å². The summed E-state index contributed by atoms with van der Waals surface area (Å²) in [5.74, 6) is 3.70. The SMILES string of the molecule is CC1(C)C(=O)[C@]2(C[C@@H]2c2cccc(Br)c2)C[C@@]2(C)C1CC[C@]1(C)C2CCC2C3[C@@H]4OC[C@@]3(CCC4(C)C)CC[C@]21C. The van der Waals surface area contributed by atoms with Crippen LogP contribution in [-0.4, -0.2) is 18.5 Å². The number of rotatable bonds is 1. The third-order valence-electron chi connectivity index (χ3n) is 16.3. The molecule has 6 aliphatic carbocycles. The maximum atomic E-state index is 14.5. The molecule has 0 amide bonds. The van der Waals surface area contributed by atoms with Crippen molar-refractivity contribution in [1.29, 1.82) is 0 Å². The molecular weight excluding hydrogens is 568 g/mol. The van der Waals surface area contributed by atoms with Crippen LogP contribution >= 0.6 is 15.9 Å². The quantitative estimate of drug-likeness (QED) is 0.312. The molecule has 3 heteroatoms. The summed E-state index contributed by atoms with van der Waals surface area (Å²) < 4.78 is 7.93. The fraction of sp³-hybridized carbons (Fsp3) is 0.816. The standard InChI is InChI=1S/C38H53BrO2/c1-32(2)15-17-37-18-16-35(6)25(29(37)30(32)41-22-37)11-12-28-34(5)21-38(20-26(38)23-9-8-10-24(39)19-23)31(40)33(3,4)27(34)13-14-36(28,35)7/h8-10,19,25-30H,11-18,20-22H2,1-7H3/t25?,26-,27?,28?,29?,30+,34+,35-,36-,37-,38-/m1/s1. The van der Waals surface area contributed by atoms with E-state index in [0.717, 1.165) is 35.8 Å². The zero-order chi connectivity index (χ0) is 29.0. The molecule has 1 saturated heterocycles. The van der Waals surface area contributed by atoms with Crippen LogP contribution in [0.4, 0.5) is 0 Å². The lowest BCUT2D eigenvalue weighted by molar-refractivity contribution is -0.244. The molecule has 0 radical (unpaired) electrons. The lowest BCUT2D eigenvalue weighted by Crippen LogP contribution is -2.68. The minimum Gasteiger partial charge on any atom is -0.377 e. The van der Waals surface area contributed by atoms with Gasteiger partial charge in [-0.3, -0.25) is 4.79 Å². The minimum absolute atomic E-state index is 0.164. The Bertz CT molecular complexity index is 1310. The summed E-state index contributed by atoms with van der Waals surface area (Å²) in [6.07, 6.45) is 13.3. The van der Waals surface area contributed by atoms with E-state index < -0.39 is 0 Å². The van der Waals surface area contributed by atoms with E-state index in [2.05, 4.69) is 88.7 Å². The van der Waals surface area contributed by atoms with Gasteiger partial charge in [0, 0.05) is 15.3 Å². The number of ketones is 1. The van der Waals surface area contributed by atoms with Crippen LogP contribution in [0.3, 0.4) is 0 Å². The van der Waals surface area contributed by atoms with E-state index >= 15 is 0 Å². The number of hydrogen-bond acceptors (Lipinski definition) is 2. The van der Waals surface area contributed by atoms with E-state index in [-0.39, 0.29) is 16.2 Å². The summed E-state index contributed by atoms with van der Waals surface area (Å²) in [6, 6.07) is 8.84. The number of carbonyl (C=O) groups excluding carboxylic acids is 1. The molecule has 4 unspecified atom stereocenters. The second kappa shape index (κ2) is 8.13. The fourth-order valence-corrected chi connectivity index (χ4v) is 14.7. The maximum absolute atomic E-state index is 14.5. The zero-order valence-corrected chi connectivity index (χ0v) is 28.3. The van der Waals surface area contributed by atoms with Crippen molar-refractivity contribution in [3.63, 3.8) is 0 Å². The van der Waals surface area contributed by atoms with E-state index in [9.17, 15) is 4.79 Å². The Hall–Kier alpha value is -0.670. The summed E-state index contributed by atoms with van der Waals surface area (Å²) >= 11 is 3.71. The fourth-order valence-electron chi connectivity index (χ4n) is 14.2. The first kappa shape index (κ1) is 27.8. The molecule has 1 spiro atoms. The molecule has 224 valence electrons. The predicted octanol–water partition coefficient (Wildman–Crippen LogP) is 9.99. The lowest BCUT2D eigenvalue weighted by atomic mass is 9.31. The van der Waals surface area contributed by atoms with Crippen LogP contribution in [0.1, 0.15) is 124 Å². The summed E-state index contributed by atoms with van der Waals surface area (Å²) in [5.41, 5.74) is 2.63. The number of benzene rings is 1. The second-order valence-electron chi connectivity index (χ2n) is 18.5. The van der Waals surface area contributed by atoms with Crippen molar-refractivity contribution in [2.75, 3.05) is 6.61 Å². The normalized spacial score (nSPS) is 54.1. The van der Waals surface area contributed by atoms with Crippen molar-refractivity contribution in [2.24, 2.45) is 61.6 Å². The Morgan fingerprint density at radius 3 is 2.37 bits per heavy atom. The van der Waals surface area contributed by atoms with Gasteiger partial charge in [-0.1, -0.05) is 76.5 Å². The summed E-state index contributed by atoms with van der Waals surface area (Å²) in [5, 5.41) is 0. The van der Waals surface area contributed by atoms with Crippen LogP contribution in [-0.2, 0) is 9.53 Å². The van der Waals surface area contributed by atoms with Gasteiger partial charge in [-0.25, -0.2) is 0 Å². The molecule has 11 atom stereocenters. The average Bonchev–Trinajstić information content (AvgIpc) is 3.51. The van der Waals surface area contributed by atoms with Gasteiger partial charge in [-0.05, 0) is 139 Å². The van der Waals surface area contributed by atoms with Crippen LogP contribution in [0.2, 0.25) is 0 Å². The molecule has 0 N–H and O–H groups in total. The number of halogens is 1. The number of fused-ring (bicyclic) bond motifs is 5. The average molecular weight is 622 g/mol. The van der Waals surface area contributed by atoms with Gasteiger partial charge < -0.3 is 4.74 Å². The first-order chi connectivity index (χ1) is 19.1. The molecule has 2 nitrogen and oxygen atoms in total. The van der Waals surface area contributed by atoms with Crippen molar-refractivity contribution in [3.05, 3.63) is 34.3 Å². The number of hydrogen-bond donors (Lipinski definition) is 0. The highest BCUT2D eigenvalue weighted by Crippen LogP contribution is 2.81. The molecule has 7 aliphatic rings. The van der Waals surface area contributed by atoms with Gasteiger partial charge in [0.05, 0.1) is 12.7 Å². The molecular formula is C38H53BrO2. The maximum Gasteiger partial charge on any atom is 0.145 e. The number of Topliss-reactive ketones (excluding diaryl/α,β-unsaturated/α-hetero) is 1. The van der Waals surface area contributed by atoms with Gasteiger partial charge in [0.25, 0.3) is 0 Å². The number of ether oxygens (including phenoxy) is 1. The van der Waals surface area contributed by atoms with Gasteiger partial charge in [0.15, 0.2) is 0 Å². The Balaban J connectivity index is 1.18. The third-order valence-corrected chi connectivity index (χ3v) is 16.8. The molecule has 1 aliphatic heterocycles. The van der Waals surface area contributed by atoms with Crippen molar-refractivity contribution in [1.82, 2.24) is 0 Å². The zero-order valence-electron chi connectivity index (χ0n) is 26.7. The smallest absolute Gasteiger partial charge is 0.145 e. The Kier molecular flexibility index (Phi) is 5.52. The van der Waals surface area contributed by atoms with Gasteiger partial charge in [0.2, 0.25) is 0 Å². The van der Waals surface area contributed by atoms with Crippen molar-refractivity contribution < 1.29 is 9.53 Å². The van der Waals surface area contributed by atoms with Gasteiger partial charge in [-0.2, -0.15) is 0 Å². The van der Waals surface area contributed by atoms with Crippen LogP contribution in [0, 0.1) is 61.6 Å². The first-order valence-electron chi connectivity index (χ1n) is 17.1. The van der Waals surface area contributed by atoms with Crippen LogP contribution in [0.25, 0.3) is 0 Å². The van der Waals surface area contributed by atoms with E-state index in [1.165, 1.54) is 56.9 Å². The van der Waals surface area contributed by atoms with Gasteiger partial charge >= 0.3 is 0 Å².